The van der Waals surface area contributed by atoms with Crippen molar-refractivity contribution in [2.24, 2.45) is 0 Å². The maximum atomic E-state index is 11.2. The lowest BCUT2D eigenvalue weighted by Gasteiger charge is -2.21. The van der Waals surface area contributed by atoms with E-state index in [1.165, 1.54) is 4.90 Å². The molecule has 1 saturated heterocycles. The van der Waals surface area contributed by atoms with Gasteiger partial charge in [0.1, 0.15) is 21.2 Å². The number of fused-ring (bicyclic) bond motifs is 1. The maximum absolute atomic E-state index is 11.2. The molecular formula is C16H19IN6O2. The molecule has 2 aromatic heterocycles. The Kier molecular flexibility index (Phi) is 4.26. The molecule has 132 valence electrons. The predicted octanol–water partition coefficient (Wildman–Crippen LogP) is 2.71. The van der Waals surface area contributed by atoms with Gasteiger partial charge in [0.15, 0.2) is 0 Å². The first-order valence-corrected chi connectivity index (χ1v) is 8.98. The van der Waals surface area contributed by atoms with E-state index in [4.69, 9.17) is 5.73 Å². The standard InChI is InChI=1S/C16H19IN6O2/c1-16(2,3)12-9(6-18)11-10(14(19)20-12)13(17)21-23(11)8-4-5-22(7-8)15(24)25/h8H,4-5,7H2,1-3H3,(H2,19,20)(H,24,25)/t8-/m0/s1. The number of halogens is 1. The number of nitrogen functional groups attached to an aromatic ring is 1. The van der Waals surface area contributed by atoms with Crippen LogP contribution in [0.25, 0.3) is 10.9 Å². The van der Waals surface area contributed by atoms with E-state index in [0.29, 0.717) is 51.2 Å². The van der Waals surface area contributed by atoms with Gasteiger partial charge < -0.3 is 15.7 Å². The van der Waals surface area contributed by atoms with Gasteiger partial charge in [-0.3, -0.25) is 4.68 Å². The Balaban J connectivity index is 2.26. The molecule has 9 heteroatoms. The molecule has 25 heavy (non-hydrogen) atoms. The molecule has 1 aliphatic heterocycles. The zero-order chi connectivity index (χ0) is 18.5. The average Bonchev–Trinajstić information content (AvgIpc) is 3.11. The molecule has 1 amide bonds. The zero-order valence-electron chi connectivity index (χ0n) is 14.2. The summed E-state index contributed by atoms with van der Waals surface area (Å²) in [5, 5.41) is 24.2. The topological polar surface area (TPSA) is 121 Å². The Hall–Kier alpha value is -2.09. The van der Waals surface area contributed by atoms with Gasteiger partial charge >= 0.3 is 6.09 Å². The van der Waals surface area contributed by atoms with Crippen molar-refractivity contribution in [1.82, 2.24) is 19.7 Å². The van der Waals surface area contributed by atoms with Crippen LogP contribution in [0.15, 0.2) is 0 Å². The summed E-state index contributed by atoms with van der Waals surface area (Å²) in [6.45, 7) is 6.74. The van der Waals surface area contributed by atoms with Gasteiger partial charge in [-0.25, -0.2) is 9.78 Å². The van der Waals surface area contributed by atoms with Crippen molar-refractivity contribution < 1.29 is 9.90 Å². The van der Waals surface area contributed by atoms with Gasteiger partial charge in [0.25, 0.3) is 0 Å². The van der Waals surface area contributed by atoms with Crippen LogP contribution in [-0.4, -0.2) is 44.0 Å². The van der Waals surface area contributed by atoms with E-state index in [1.54, 1.807) is 4.68 Å². The van der Waals surface area contributed by atoms with Crippen LogP contribution in [0.2, 0.25) is 0 Å². The number of amides is 1. The van der Waals surface area contributed by atoms with E-state index in [2.05, 4.69) is 38.7 Å². The molecule has 2 aromatic rings. The third kappa shape index (κ3) is 2.88. The average molecular weight is 454 g/mol. The number of rotatable bonds is 1. The van der Waals surface area contributed by atoms with Crippen LogP contribution in [0.5, 0.6) is 0 Å². The summed E-state index contributed by atoms with van der Waals surface area (Å²) in [4.78, 5) is 17.1. The molecular weight excluding hydrogens is 435 g/mol. The van der Waals surface area contributed by atoms with E-state index in [9.17, 15) is 15.2 Å². The van der Waals surface area contributed by atoms with E-state index < -0.39 is 6.09 Å². The predicted molar refractivity (Wildman–Crippen MR) is 101 cm³/mol. The van der Waals surface area contributed by atoms with Crippen molar-refractivity contribution in [2.75, 3.05) is 18.8 Å². The minimum Gasteiger partial charge on any atom is -0.465 e. The normalized spacial score (nSPS) is 17.9. The fourth-order valence-corrected chi connectivity index (χ4v) is 4.01. The van der Waals surface area contributed by atoms with E-state index >= 15 is 0 Å². The number of likely N-dealkylation sites (tertiary alicyclic amines) is 1. The molecule has 0 saturated carbocycles. The molecule has 8 nitrogen and oxygen atoms in total. The molecule has 3 N–H and O–H groups in total. The molecule has 0 aliphatic carbocycles. The quantitative estimate of drug-likeness (QED) is 0.640. The summed E-state index contributed by atoms with van der Waals surface area (Å²) in [5.74, 6) is 0.350. The molecule has 3 rings (SSSR count). The highest BCUT2D eigenvalue weighted by Gasteiger charge is 2.33. The number of hydrogen-bond donors (Lipinski definition) is 2. The minimum absolute atomic E-state index is 0.121. The van der Waals surface area contributed by atoms with Gasteiger partial charge in [-0.1, -0.05) is 20.8 Å². The number of carboxylic acid groups (broad SMARTS) is 1. The first kappa shape index (κ1) is 17.7. The van der Waals surface area contributed by atoms with Crippen LogP contribution in [0, 0.1) is 15.0 Å². The summed E-state index contributed by atoms with van der Waals surface area (Å²) < 4.78 is 2.44. The maximum Gasteiger partial charge on any atom is 0.407 e. The molecule has 1 fully saturated rings. The number of nitrogens with two attached hydrogens (primary N) is 1. The van der Waals surface area contributed by atoms with Gasteiger partial charge in [0.2, 0.25) is 0 Å². The van der Waals surface area contributed by atoms with Crippen LogP contribution in [-0.2, 0) is 5.41 Å². The first-order valence-electron chi connectivity index (χ1n) is 7.90. The van der Waals surface area contributed by atoms with E-state index in [0.717, 1.165) is 0 Å². The van der Waals surface area contributed by atoms with Crippen molar-refractivity contribution in [2.45, 2.75) is 38.6 Å². The monoisotopic (exact) mass is 454 g/mol. The van der Waals surface area contributed by atoms with Crippen LogP contribution in [0.4, 0.5) is 10.6 Å². The lowest BCUT2D eigenvalue weighted by molar-refractivity contribution is 0.154. The molecule has 1 aliphatic rings. The van der Waals surface area contributed by atoms with Crippen molar-refractivity contribution >= 4 is 45.4 Å². The number of nitrogens with zero attached hydrogens (tertiary/aromatic N) is 5. The highest BCUT2D eigenvalue weighted by molar-refractivity contribution is 14.1. The molecule has 0 radical (unpaired) electrons. The molecule has 1 atom stereocenters. The van der Waals surface area contributed by atoms with E-state index in [-0.39, 0.29) is 11.5 Å². The zero-order valence-corrected chi connectivity index (χ0v) is 16.4. The first-order chi connectivity index (χ1) is 11.6. The summed E-state index contributed by atoms with van der Waals surface area (Å²) in [6, 6.07) is 2.15. The minimum atomic E-state index is -0.939. The Morgan fingerprint density at radius 1 is 1.48 bits per heavy atom. The summed E-state index contributed by atoms with van der Waals surface area (Å²) >= 11 is 2.08. The van der Waals surface area contributed by atoms with Crippen LogP contribution in [0.1, 0.15) is 44.5 Å². The Morgan fingerprint density at radius 3 is 2.68 bits per heavy atom. The fraction of sp³-hybridized carbons (Fsp3) is 0.500. The highest BCUT2D eigenvalue weighted by atomic mass is 127. The largest absolute Gasteiger partial charge is 0.465 e. The third-order valence-electron chi connectivity index (χ3n) is 4.43. The van der Waals surface area contributed by atoms with Crippen LogP contribution < -0.4 is 5.73 Å². The van der Waals surface area contributed by atoms with E-state index in [1.807, 2.05) is 20.8 Å². The van der Waals surface area contributed by atoms with Crippen LogP contribution >= 0.6 is 22.6 Å². The smallest absolute Gasteiger partial charge is 0.407 e. The molecule has 3 heterocycles. The highest BCUT2D eigenvalue weighted by Crippen LogP contribution is 2.36. The van der Waals surface area contributed by atoms with Crippen molar-refractivity contribution in [3.8, 4) is 6.07 Å². The molecule has 0 spiro atoms. The van der Waals surface area contributed by atoms with Crippen molar-refractivity contribution in [1.29, 1.82) is 5.26 Å². The number of anilines is 1. The summed E-state index contributed by atoms with van der Waals surface area (Å²) in [7, 11) is 0. The van der Waals surface area contributed by atoms with Gasteiger partial charge in [0.05, 0.1) is 22.6 Å². The Morgan fingerprint density at radius 2 is 2.16 bits per heavy atom. The molecule has 0 aromatic carbocycles. The van der Waals surface area contributed by atoms with Crippen molar-refractivity contribution in [3.05, 3.63) is 15.0 Å². The van der Waals surface area contributed by atoms with Gasteiger partial charge in [-0.2, -0.15) is 10.4 Å². The number of hydrogen-bond acceptors (Lipinski definition) is 5. The van der Waals surface area contributed by atoms with Crippen molar-refractivity contribution in [3.63, 3.8) is 0 Å². The number of carbonyl (C=O) groups is 1. The van der Waals surface area contributed by atoms with Crippen LogP contribution in [0.3, 0.4) is 0 Å². The van der Waals surface area contributed by atoms with Gasteiger partial charge in [-0.05, 0) is 29.0 Å². The summed E-state index contributed by atoms with van der Waals surface area (Å²) in [6.07, 6.45) is -0.289. The number of aromatic nitrogens is 3. The molecule has 0 bridgehead atoms. The SMILES string of the molecule is CC(C)(C)c1nc(N)c2c(I)nn([C@H]3CCN(C(=O)O)C3)c2c1C#N. The van der Waals surface area contributed by atoms with Gasteiger partial charge in [0, 0.05) is 18.5 Å². The second-order valence-electron chi connectivity index (χ2n) is 7.21. The Bertz CT molecular complexity index is 908. The third-order valence-corrected chi connectivity index (χ3v) is 5.19. The Labute approximate surface area is 158 Å². The fourth-order valence-electron chi connectivity index (χ4n) is 3.25. The summed E-state index contributed by atoms with van der Waals surface area (Å²) in [5.41, 5.74) is 7.58. The second-order valence-corrected chi connectivity index (χ2v) is 8.23. The number of nitriles is 1. The van der Waals surface area contributed by atoms with Gasteiger partial charge in [-0.15, -0.1) is 0 Å². The lowest BCUT2D eigenvalue weighted by Crippen LogP contribution is -2.27. The lowest BCUT2D eigenvalue weighted by atomic mass is 9.88. The number of pyridine rings is 1. The molecule has 0 unspecified atom stereocenters. The second kappa shape index (κ2) is 6.01.